The predicted molar refractivity (Wildman–Crippen MR) is 73.1 cm³/mol. The van der Waals surface area contributed by atoms with Gasteiger partial charge in [0.05, 0.1) is 7.11 Å². The molecular weight excluding hydrogens is 242 g/mol. The summed E-state index contributed by atoms with van der Waals surface area (Å²) in [6.45, 7) is 0.439. The third kappa shape index (κ3) is 3.99. The van der Waals surface area contributed by atoms with E-state index in [1.54, 1.807) is 31.6 Å². The van der Waals surface area contributed by atoms with Crippen molar-refractivity contribution in [1.29, 1.82) is 0 Å². The predicted octanol–water partition coefficient (Wildman–Crippen LogP) is 2.41. The van der Waals surface area contributed by atoms with Crippen molar-refractivity contribution >= 4 is 11.7 Å². The lowest BCUT2D eigenvalue weighted by Crippen LogP contribution is -2.28. The van der Waals surface area contributed by atoms with Crippen LogP contribution in [-0.2, 0) is 6.54 Å². The standard InChI is InChI=1S/C14H15N3O2/c1-19-13-4-2-3-11(9-13)10-16-14(18)17-12-5-7-15-8-6-12/h2-9H,10H2,1H3,(H2,15,16,17,18). The molecule has 1 heterocycles. The summed E-state index contributed by atoms with van der Waals surface area (Å²) in [7, 11) is 1.61. The van der Waals surface area contributed by atoms with Gasteiger partial charge in [-0.25, -0.2) is 4.79 Å². The van der Waals surface area contributed by atoms with E-state index in [0.29, 0.717) is 12.2 Å². The Bertz CT molecular complexity index is 543. The molecule has 0 radical (unpaired) electrons. The van der Waals surface area contributed by atoms with E-state index in [9.17, 15) is 4.79 Å². The first-order chi connectivity index (χ1) is 9.28. The highest BCUT2D eigenvalue weighted by atomic mass is 16.5. The average Bonchev–Trinajstić information content (AvgIpc) is 2.46. The fourth-order valence-electron chi connectivity index (χ4n) is 1.58. The van der Waals surface area contributed by atoms with E-state index < -0.39 is 0 Å². The second-order valence-electron chi connectivity index (χ2n) is 3.90. The first kappa shape index (κ1) is 12.9. The molecule has 0 unspecified atom stereocenters. The maximum absolute atomic E-state index is 11.7. The van der Waals surface area contributed by atoms with E-state index in [0.717, 1.165) is 11.3 Å². The van der Waals surface area contributed by atoms with Crippen LogP contribution in [0.25, 0.3) is 0 Å². The monoisotopic (exact) mass is 257 g/mol. The topological polar surface area (TPSA) is 63.2 Å². The average molecular weight is 257 g/mol. The van der Waals surface area contributed by atoms with Gasteiger partial charge >= 0.3 is 6.03 Å². The molecule has 5 heteroatoms. The Morgan fingerprint density at radius 2 is 2.05 bits per heavy atom. The van der Waals surface area contributed by atoms with Gasteiger partial charge in [0, 0.05) is 24.6 Å². The SMILES string of the molecule is COc1cccc(CNC(=O)Nc2ccncc2)c1. The molecule has 1 aromatic heterocycles. The number of hydrogen-bond acceptors (Lipinski definition) is 3. The Kier molecular flexibility index (Phi) is 4.34. The van der Waals surface area contributed by atoms with Gasteiger partial charge in [0.15, 0.2) is 0 Å². The van der Waals surface area contributed by atoms with Crippen LogP contribution in [0.15, 0.2) is 48.8 Å². The van der Waals surface area contributed by atoms with Crippen LogP contribution >= 0.6 is 0 Å². The number of nitrogens with zero attached hydrogens (tertiary/aromatic N) is 1. The zero-order valence-corrected chi connectivity index (χ0v) is 10.6. The summed E-state index contributed by atoms with van der Waals surface area (Å²) < 4.78 is 5.12. The maximum Gasteiger partial charge on any atom is 0.319 e. The summed E-state index contributed by atoms with van der Waals surface area (Å²) >= 11 is 0. The number of hydrogen-bond donors (Lipinski definition) is 2. The number of nitrogens with one attached hydrogen (secondary N) is 2. The molecule has 0 spiro atoms. The number of methoxy groups -OCH3 is 1. The van der Waals surface area contributed by atoms with Gasteiger partial charge in [0.25, 0.3) is 0 Å². The van der Waals surface area contributed by atoms with E-state index in [1.807, 2.05) is 24.3 Å². The lowest BCUT2D eigenvalue weighted by atomic mass is 10.2. The number of pyridine rings is 1. The molecule has 0 saturated heterocycles. The van der Waals surface area contributed by atoms with Gasteiger partial charge in [0.2, 0.25) is 0 Å². The molecule has 2 amide bonds. The molecule has 0 saturated carbocycles. The molecule has 0 bridgehead atoms. The largest absolute Gasteiger partial charge is 0.497 e. The molecule has 2 aromatic rings. The Morgan fingerprint density at radius 3 is 2.79 bits per heavy atom. The number of urea groups is 1. The number of carbonyl (C=O) groups is 1. The number of rotatable bonds is 4. The Morgan fingerprint density at radius 1 is 1.26 bits per heavy atom. The Hall–Kier alpha value is -2.56. The van der Waals surface area contributed by atoms with Crippen LogP contribution in [0, 0.1) is 0 Å². The van der Waals surface area contributed by atoms with Crippen molar-refractivity contribution in [1.82, 2.24) is 10.3 Å². The normalized spacial score (nSPS) is 9.74. The number of carbonyl (C=O) groups excluding carboxylic acids is 1. The number of amides is 2. The van der Waals surface area contributed by atoms with Gasteiger partial charge in [-0.3, -0.25) is 4.98 Å². The van der Waals surface area contributed by atoms with Gasteiger partial charge in [-0.05, 0) is 29.8 Å². The Labute approximate surface area is 111 Å². The third-order valence-electron chi connectivity index (χ3n) is 2.53. The lowest BCUT2D eigenvalue weighted by Gasteiger charge is -2.08. The quantitative estimate of drug-likeness (QED) is 0.884. The summed E-state index contributed by atoms with van der Waals surface area (Å²) in [6.07, 6.45) is 3.25. The zero-order valence-electron chi connectivity index (χ0n) is 10.6. The molecule has 19 heavy (non-hydrogen) atoms. The van der Waals surface area contributed by atoms with Crippen molar-refractivity contribution in [2.45, 2.75) is 6.54 Å². The number of benzene rings is 1. The van der Waals surface area contributed by atoms with Crippen LogP contribution in [0.2, 0.25) is 0 Å². The molecular formula is C14H15N3O2. The van der Waals surface area contributed by atoms with Crippen molar-refractivity contribution in [3.8, 4) is 5.75 Å². The minimum Gasteiger partial charge on any atom is -0.497 e. The summed E-state index contributed by atoms with van der Waals surface area (Å²) in [5.41, 5.74) is 1.68. The second-order valence-corrected chi connectivity index (χ2v) is 3.90. The van der Waals surface area contributed by atoms with Crippen LogP contribution in [-0.4, -0.2) is 18.1 Å². The van der Waals surface area contributed by atoms with Crippen molar-refractivity contribution in [3.63, 3.8) is 0 Å². The van der Waals surface area contributed by atoms with E-state index in [4.69, 9.17) is 4.74 Å². The molecule has 5 nitrogen and oxygen atoms in total. The van der Waals surface area contributed by atoms with Crippen LogP contribution in [0.5, 0.6) is 5.75 Å². The molecule has 0 fully saturated rings. The van der Waals surface area contributed by atoms with Crippen LogP contribution in [0.1, 0.15) is 5.56 Å². The third-order valence-corrected chi connectivity index (χ3v) is 2.53. The maximum atomic E-state index is 11.7. The second kappa shape index (κ2) is 6.39. The molecule has 0 aliphatic carbocycles. The van der Waals surface area contributed by atoms with Gasteiger partial charge in [0.1, 0.15) is 5.75 Å². The summed E-state index contributed by atoms with van der Waals surface area (Å²) in [5, 5.41) is 5.49. The van der Waals surface area contributed by atoms with Gasteiger partial charge in [-0.15, -0.1) is 0 Å². The molecule has 1 aromatic carbocycles. The van der Waals surface area contributed by atoms with Crippen molar-refractivity contribution < 1.29 is 9.53 Å². The first-order valence-corrected chi connectivity index (χ1v) is 5.86. The van der Waals surface area contributed by atoms with Crippen LogP contribution in [0.4, 0.5) is 10.5 Å². The van der Waals surface area contributed by atoms with E-state index in [-0.39, 0.29) is 6.03 Å². The minimum atomic E-state index is -0.256. The number of ether oxygens (including phenoxy) is 1. The van der Waals surface area contributed by atoms with E-state index in [2.05, 4.69) is 15.6 Å². The molecule has 0 aliphatic rings. The van der Waals surface area contributed by atoms with Crippen molar-refractivity contribution in [3.05, 3.63) is 54.4 Å². The number of anilines is 1. The van der Waals surface area contributed by atoms with Crippen LogP contribution < -0.4 is 15.4 Å². The molecule has 98 valence electrons. The summed E-state index contributed by atoms with van der Waals surface area (Å²) in [6, 6.07) is 10.8. The van der Waals surface area contributed by atoms with E-state index in [1.165, 1.54) is 0 Å². The van der Waals surface area contributed by atoms with E-state index >= 15 is 0 Å². The molecule has 2 rings (SSSR count). The summed E-state index contributed by atoms with van der Waals surface area (Å²) in [4.78, 5) is 15.5. The first-order valence-electron chi connectivity index (χ1n) is 5.86. The highest BCUT2D eigenvalue weighted by molar-refractivity contribution is 5.88. The highest BCUT2D eigenvalue weighted by Crippen LogP contribution is 2.12. The molecule has 0 atom stereocenters. The molecule has 0 aliphatic heterocycles. The molecule has 2 N–H and O–H groups in total. The van der Waals surface area contributed by atoms with Crippen molar-refractivity contribution in [2.24, 2.45) is 0 Å². The fourth-order valence-corrected chi connectivity index (χ4v) is 1.58. The lowest BCUT2D eigenvalue weighted by molar-refractivity contribution is 0.251. The zero-order chi connectivity index (χ0) is 13.5. The minimum absolute atomic E-state index is 0.256. The summed E-state index contributed by atoms with van der Waals surface area (Å²) in [5.74, 6) is 0.772. The van der Waals surface area contributed by atoms with Gasteiger partial charge in [-0.2, -0.15) is 0 Å². The van der Waals surface area contributed by atoms with Gasteiger partial charge < -0.3 is 15.4 Å². The van der Waals surface area contributed by atoms with Crippen molar-refractivity contribution in [2.75, 3.05) is 12.4 Å². The number of aromatic nitrogens is 1. The van der Waals surface area contributed by atoms with Gasteiger partial charge in [-0.1, -0.05) is 12.1 Å². The fraction of sp³-hybridized carbons (Fsp3) is 0.143. The van der Waals surface area contributed by atoms with Crippen LogP contribution in [0.3, 0.4) is 0 Å². The Balaban J connectivity index is 1.86. The smallest absolute Gasteiger partial charge is 0.319 e. The highest BCUT2D eigenvalue weighted by Gasteiger charge is 2.02.